The highest BCUT2D eigenvalue weighted by Gasteiger charge is 2.23. The number of furan rings is 1. The van der Waals surface area contributed by atoms with Crippen LogP contribution in [0.15, 0.2) is 80.9 Å². The smallest absolute Gasteiger partial charge is 0.210 e. The zero-order valence-electron chi connectivity index (χ0n) is 12.5. The van der Waals surface area contributed by atoms with Crippen molar-refractivity contribution < 1.29 is 12.8 Å². The first-order chi connectivity index (χ1) is 11.1. The fourth-order valence-electron chi connectivity index (χ4n) is 2.78. The molecule has 23 heavy (non-hydrogen) atoms. The van der Waals surface area contributed by atoms with E-state index in [0.717, 1.165) is 16.3 Å². The third-order valence-electron chi connectivity index (χ3n) is 3.99. The summed E-state index contributed by atoms with van der Waals surface area (Å²) in [6.07, 6.45) is 0. The highest BCUT2D eigenvalue weighted by atomic mass is 32.2. The largest absolute Gasteiger partial charge is 0.455 e. The van der Waals surface area contributed by atoms with Crippen LogP contribution < -0.4 is 0 Å². The third-order valence-corrected chi connectivity index (χ3v) is 5.78. The molecular formula is C19H14O3S. The molecule has 0 aliphatic rings. The van der Waals surface area contributed by atoms with Gasteiger partial charge in [0.15, 0.2) is 5.58 Å². The molecule has 0 unspecified atom stereocenters. The molecule has 0 fully saturated rings. The molecule has 0 amide bonds. The van der Waals surface area contributed by atoms with Gasteiger partial charge in [-0.25, -0.2) is 8.42 Å². The van der Waals surface area contributed by atoms with E-state index in [0.29, 0.717) is 11.2 Å². The Morgan fingerprint density at radius 2 is 1.48 bits per heavy atom. The first-order valence-electron chi connectivity index (χ1n) is 7.29. The number of hydrogen-bond acceptors (Lipinski definition) is 3. The topological polar surface area (TPSA) is 47.3 Å². The van der Waals surface area contributed by atoms with Crippen molar-refractivity contribution in [2.75, 3.05) is 0 Å². The average Bonchev–Trinajstić information content (AvgIpc) is 2.93. The molecule has 0 saturated carbocycles. The number of rotatable bonds is 2. The van der Waals surface area contributed by atoms with Gasteiger partial charge in [-0.05, 0) is 31.2 Å². The van der Waals surface area contributed by atoms with Gasteiger partial charge in [0.1, 0.15) is 10.5 Å². The quantitative estimate of drug-likeness (QED) is 0.536. The van der Waals surface area contributed by atoms with Gasteiger partial charge in [0.25, 0.3) is 0 Å². The van der Waals surface area contributed by atoms with E-state index in [-0.39, 0.29) is 9.79 Å². The van der Waals surface area contributed by atoms with Gasteiger partial charge in [0.05, 0.1) is 4.90 Å². The van der Waals surface area contributed by atoms with E-state index in [1.807, 2.05) is 37.3 Å². The van der Waals surface area contributed by atoms with Crippen LogP contribution in [0.25, 0.3) is 21.9 Å². The molecular weight excluding hydrogens is 308 g/mol. The van der Waals surface area contributed by atoms with Crippen LogP contribution in [-0.4, -0.2) is 8.42 Å². The van der Waals surface area contributed by atoms with Gasteiger partial charge in [-0.1, -0.05) is 48.0 Å². The van der Waals surface area contributed by atoms with Crippen molar-refractivity contribution in [2.45, 2.75) is 16.7 Å². The normalized spacial score (nSPS) is 12.0. The van der Waals surface area contributed by atoms with Crippen molar-refractivity contribution in [2.24, 2.45) is 0 Å². The summed E-state index contributed by atoms with van der Waals surface area (Å²) in [5.74, 6) is 0. The number of para-hydroxylation sites is 2. The minimum absolute atomic E-state index is 0.204. The standard InChI is InChI=1S/C19H14O3S/c1-13-9-11-14(12-10-13)23(20,21)18-8-4-6-16-15-5-2-3-7-17(15)22-19(16)18/h2-12H,1H3. The summed E-state index contributed by atoms with van der Waals surface area (Å²) in [4.78, 5) is 0.478. The molecule has 0 aliphatic heterocycles. The van der Waals surface area contributed by atoms with Gasteiger partial charge in [-0.15, -0.1) is 0 Å². The molecule has 1 heterocycles. The lowest BCUT2D eigenvalue weighted by Crippen LogP contribution is -2.02. The van der Waals surface area contributed by atoms with Crippen molar-refractivity contribution in [1.29, 1.82) is 0 Å². The van der Waals surface area contributed by atoms with Crippen LogP contribution in [0.5, 0.6) is 0 Å². The Labute approximate surface area is 134 Å². The monoisotopic (exact) mass is 322 g/mol. The molecule has 0 aliphatic carbocycles. The minimum atomic E-state index is -3.62. The number of sulfone groups is 1. The van der Waals surface area contributed by atoms with Crippen molar-refractivity contribution in [3.8, 4) is 0 Å². The number of benzene rings is 3. The van der Waals surface area contributed by atoms with E-state index in [1.54, 1.807) is 36.4 Å². The first kappa shape index (κ1) is 14.0. The highest BCUT2D eigenvalue weighted by molar-refractivity contribution is 7.91. The Hall–Kier alpha value is -2.59. The molecule has 0 bridgehead atoms. The second-order valence-corrected chi connectivity index (χ2v) is 7.47. The molecule has 1 aromatic heterocycles. The number of aryl methyl sites for hydroxylation is 1. The van der Waals surface area contributed by atoms with Crippen LogP contribution in [0, 0.1) is 6.92 Å². The molecule has 3 aromatic carbocycles. The predicted octanol–water partition coefficient (Wildman–Crippen LogP) is 4.73. The summed E-state index contributed by atoms with van der Waals surface area (Å²) in [6.45, 7) is 1.93. The van der Waals surface area contributed by atoms with Crippen LogP contribution >= 0.6 is 0 Å². The number of fused-ring (bicyclic) bond motifs is 3. The lowest BCUT2D eigenvalue weighted by Gasteiger charge is -2.05. The summed E-state index contributed by atoms with van der Waals surface area (Å²) in [7, 11) is -3.62. The van der Waals surface area contributed by atoms with Crippen LogP contribution in [0.4, 0.5) is 0 Å². The summed E-state index contributed by atoms with van der Waals surface area (Å²) in [6, 6.07) is 19.7. The Morgan fingerprint density at radius 1 is 0.783 bits per heavy atom. The fourth-order valence-corrected chi connectivity index (χ4v) is 4.18. The van der Waals surface area contributed by atoms with Gasteiger partial charge in [-0.2, -0.15) is 0 Å². The van der Waals surface area contributed by atoms with E-state index < -0.39 is 9.84 Å². The Balaban J connectivity index is 2.03. The van der Waals surface area contributed by atoms with E-state index in [9.17, 15) is 8.42 Å². The van der Waals surface area contributed by atoms with Crippen LogP contribution in [0.2, 0.25) is 0 Å². The van der Waals surface area contributed by atoms with E-state index >= 15 is 0 Å². The maximum atomic E-state index is 13.0. The summed E-state index contributed by atoms with van der Waals surface area (Å²) < 4.78 is 31.8. The molecule has 4 rings (SSSR count). The van der Waals surface area contributed by atoms with Gasteiger partial charge in [0.2, 0.25) is 9.84 Å². The van der Waals surface area contributed by atoms with E-state index in [1.165, 1.54) is 0 Å². The second-order valence-electron chi connectivity index (χ2n) is 5.55. The summed E-state index contributed by atoms with van der Waals surface area (Å²) in [5, 5.41) is 1.73. The Kier molecular flexibility index (Phi) is 3.03. The molecule has 4 aromatic rings. The maximum absolute atomic E-state index is 13.0. The van der Waals surface area contributed by atoms with Crippen molar-refractivity contribution >= 4 is 31.8 Å². The Morgan fingerprint density at radius 3 is 2.26 bits per heavy atom. The van der Waals surface area contributed by atoms with Crippen LogP contribution in [-0.2, 0) is 9.84 Å². The van der Waals surface area contributed by atoms with Crippen LogP contribution in [0.3, 0.4) is 0 Å². The average molecular weight is 322 g/mol. The van der Waals surface area contributed by atoms with Crippen molar-refractivity contribution in [1.82, 2.24) is 0 Å². The molecule has 0 atom stereocenters. The van der Waals surface area contributed by atoms with E-state index in [2.05, 4.69) is 0 Å². The summed E-state index contributed by atoms with van der Waals surface area (Å²) >= 11 is 0. The maximum Gasteiger partial charge on any atom is 0.210 e. The SMILES string of the molecule is Cc1ccc(S(=O)(=O)c2cccc3c2oc2ccccc23)cc1. The molecule has 0 radical (unpaired) electrons. The van der Waals surface area contributed by atoms with Crippen LogP contribution in [0.1, 0.15) is 5.56 Å². The molecule has 0 spiro atoms. The number of hydrogen-bond donors (Lipinski definition) is 0. The lowest BCUT2D eigenvalue weighted by atomic mass is 10.1. The van der Waals surface area contributed by atoms with Gasteiger partial charge >= 0.3 is 0 Å². The highest BCUT2D eigenvalue weighted by Crippen LogP contribution is 2.34. The van der Waals surface area contributed by atoms with Crippen molar-refractivity contribution in [3.63, 3.8) is 0 Å². The Bertz CT molecular complexity index is 1120. The lowest BCUT2D eigenvalue weighted by molar-refractivity contribution is 0.592. The molecule has 0 saturated heterocycles. The van der Waals surface area contributed by atoms with Gasteiger partial charge in [-0.3, -0.25) is 0 Å². The second kappa shape index (κ2) is 4.96. The van der Waals surface area contributed by atoms with E-state index in [4.69, 9.17) is 4.42 Å². The predicted molar refractivity (Wildman–Crippen MR) is 90.4 cm³/mol. The summed E-state index contributed by atoms with van der Waals surface area (Å²) in [5.41, 5.74) is 2.12. The zero-order chi connectivity index (χ0) is 16.0. The third kappa shape index (κ3) is 2.14. The molecule has 114 valence electrons. The zero-order valence-corrected chi connectivity index (χ0v) is 13.3. The molecule has 4 heteroatoms. The molecule has 3 nitrogen and oxygen atoms in total. The van der Waals surface area contributed by atoms with Crippen molar-refractivity contribution in [3.05, 3.63) is 72.3 Å². The first-order valence-corrected chi connectivity index (χ1v) is 8.78. The minimum Gasteiger partial charge on any atom is -0.455 e. The van der Waals surface area contributed by atoms with Gasteiger partial charge in [0, 0.05) is 10.8 Å². The molecule has 0 N–H and O–H groups in total. The van der Waals surface area contributed by atoms with Gasteiger partial charge < -0.3 is 4.42 Å². The fraction of sp³-hybridized carbons (Fsp3) is 0.0526.